The number of hydrogen-bond acceptors (Lipinski definition) is 5. The van der Waals surface area contributed by atoms with Crippen LogP contribution in [0.15, 0.2) is 48.7 Å². The van der Waals surface area contributed by atoms with Crippen molar-refractivity contribution in [2.24, 2.45) is 0 Å². The third-order valence-corrected chi connectivity index (χ3v) is 4.33. The number of carbonyl (C=O) groups is 2. The van der Waals surface area contributed by atoms with E-state index < -0.39 is 0 Å². The maximum absolute atomic E-state index is 12.8. The Morgan fingerprint density at radius 2 is 2.08 bits per heavy atom. The van der Waals surface area contributed by atoms with Crippen LogP contribution in [-0.4, -0.2) is 28.8 Å². The molecular weight excluding hydrogens is 330 g/mol. The molecule has 0 unspecified atom stereocenters. The number of amides is 1. The number of nitrogens with one attached hydrogen (secondary N) is 1. The van der Waals surface area contributed by atoms with E-state index in [9.17, 15) is 9.59 Å². The third-order valence-electron chi connectivity index (χ3n) is 4.33. The SMILES string of the molecule is COc1ccc2c(c1)/C(=C\C(=O)c1cc3cccnc3nc1C)C(=O)N2. The van der Waals surface area contributed by atoms with Gasteiger partial charge in [0.05, 0.1) is 18.4 Å². The van der Waals surface area contributed by atoms with Crippen molar-refractivity contribution in [2.45, 2.75) is 6.92 Å². The topological polar surface area (TPSA) is 81.2 Å². The highest BCUT2D eigenvalue weighted by Gasteiger charge is 2.26. The average molecular weight is 345 g/mol. The van der Waals surface area contributed by atoms with Crippen LogP contribution in [0.25, 0.3) is 16.6 Å². The van der Waals surface area contributed by atoms with Gasteiger partial charge in [-0.3, -0.25) is 9.59 Å². The van der Waals surface area contributed by atoms with Gasteiger partial charge in [0.1, 0.15) is 5.75 Å². The van der Waals surface area contributed by atoms with E-state index in [1.807, 2.05) is 6.07 Å². The molecule has 0 fully saturated rings. The monoisotopic (exact) mass is 345 g/mol. The number of aromatic nitrogens is 2. The zero-order valence-corrected chi connectivity index (χ0v) is 14.2. The van der Waals surface area contributed by atoms with Gasteiger partial charge in [-0.1, -0.05) is 0 Å². The van der Waals surface area contributed by atoms with Gasteiger partial charge in [-0.15, -0.1) is 0 Å². The molecule has 4 rings (SSSR count). The van der Waals surface area contributed by atoms with Crippen LogP contribution in [0.4, 0.5) is 5.69 Å². The molecule has 0 atom stereocenters. The number of allylic oxidation sites excluding steroid dienone is 1. The van der Waals surface area contributed by atoms with Crippen LogP contribution in [0.2, 0.25) is 0 Å². The van der Waals surface area contributed by atoms with Crippen LogP contribution in [0, 0.1) is 6.92 Å². The molecule has 0 saturated carbocycles. The molecule has 1 N–H and O–H groups in total. The summed E-state index contributed by atoms with van der Waals surface area (Å²) in [6, 6.07) is 10.6. The Morgan fingerprint density at radius 3 is 2.88 bits per heavy atom. The molecule has 3 heterocycles. The lowest BCUT2D eigenvalue weighted by atomic mass is 10.0. The Balaban J connectivity index is 1.79. The fourth-order valence-corrected chi connectivity index (χ4v) is 2.99. The van der Waals surface area contributed by atoms with Gasteiger partial charge in [-0.05, 0) is 49.4 Å². The molecule has 26 heavy (non-hydrogen) atoms. The summed E-state index contributed by atoms with van der Waals surface area (Å²) in [6.45, 7) is 1.76. The van der Waals surface area contributed by atoms with E-state index >= 15 is 0 Å². The smallest absolute Gasteiger partial charge is 0.256 e. The molecule has 0 spiro atoms. The van der Waals surface area contributed by atoms with Crippen molar-refractivity contribution in [2.75, 3.05) is 12.4 Å². The predicted octanol–water partition coefficient (Wildman–Crippen LogP) is 3.17. The maximum Gasteiger partial charge on any atom is 0.256 e. The molecule has 0 aliphatic carbocycles. The highest BCUT2D eigenvalue weighted by Crippen LogP contribution is 2.34. The van der Waals surface area contributed by atoms with Crippen molar-refractivity contribution in [3.63, 3.8) is 0 Å². The summed E-state index contributed by atoms with van der Waals surface area (Å²) >= 11 is 0. The Bertz CT molecular complexity index is 1100. The van der Waals surface area contributed by atoms with Crippen LogP contribution < -0.4 is 10.1 Å². The number of aryl methyl sites for hydroxylation is 1. The number of anilines is 1. The second-order valence-corrected chi connectivity index (χ2v) is 5.96. The molecule has 1 aliphatic rings. The molecule has 1 aliphatic heterocycles. The van der Waals surface area contributed by atoms with E-state index in [4.69, 9.17) is 4.74 Å². The Morgan fingerprint density at radius 1 is 1.23 bits per heavy atom. The number of carbonyl (C=O) groups excluding carboxylic acids is 2. The number of fused-ring (bicyclic) bond motifs is 2. The molecule has 6 heteroatoms. The van der Waals surface area contributed by atoms with Gasteiger partial charge in [0, 0.05) is 28.4 Å². The van der Waals surface area contributed by atoms with Crippen LogP contribution in [-0.2, 0) is 4.79 Å². The molecule has 1 amide bonds. The van der Waals surface area contributed by atoms with Gasteiger partial charge >= 0.3 is 0 Å². The highest BCUT2D eigenvalue weighted by molar-refractivity contribution is 6.35. The third kappa shape index (κ3) is 2.61. The van der Waals surface area contributed by atoms with Crippen molar-refractivity contribution in [1.29, 1.82) is 0 Å². The quantitative estimate of drug-likeness (QED) is 0.582. The maximum atomic E-state index is 12.8. The first kappa shape index (κ1) is 16.0. The Labute approximate surface area is 149 Å². The van der Waals surface area contributed by atoms with E-state index in [0.717, 1.165) is 5.39 Å². The summed E-state index contributed by atoms with van der Waals surface area (Å²) in [6.07, 6.45) is 3.01. The van der Waals surface area contributed by atoms with Gasteiger partial charge in [0.2, 0.25) is 0 Å². The zero-order valence-electron chi connectivity index (χ0n) is 14.2. The first-order chi connectivity index (χ1) is 12.6. The fraction of sp³-hybridized carbons (Fsp3) is 0.100. The first-order valence-corrected chi connectivity index (χ1v) is 8.05. The minimum absolute atomic E-state index is 0.276. The lowest BCUT2D eigenvalue weighted by molar-refractivity contribution is -0.110. The van der Waals surface area contributed by atoms with Crippen molar-refractivity contribution >= 4 is 34.0 Å². The van der Waals surface area contributed by atoms with E-state index in [-0.39, 0.29) is 11.7 Å². The van der Waals surface area contributed by atoms with Gasteiger partial charge in [0.15, 0.2) is 11.4 Å². The number of nitrogens with zero attached hydrogens (tertiary/aromatic N) is 2. The van der Waals surface area contributed by atoms with Crippen molar-refractivity contribution in [3.05, 3.63) is 65.5 Å². The number of rotatable bonds is 3. The van der Waals surface area contributed by atoms with Gasteiger partial charge in [-0.2, -0.15) is 0 Å². The van der Waals surface area contributed by atoms with Crippen LogP contribution in [0.1, 0.15) is 21.6 Å². The molecular formula is C20H15N3O3. The fourth-order valence-electron chi connectivity index (χ4n) is 2.99. The summed E-state index contributed by atoms with van der Waals surface area (Å²) < 4.78 is 5.21. The summed E-state index contributed by atoms with van der Waals surface area (Å²) in [5.74, 6) is 0.0319. The van der Waals surface area contributed by atoms with Crippen molar-refractivity contribution in [3.8, 4) is 5.75 Å². The first-order valence-electron chi connectivity index (χ1n) is 8.05. The van der Waals surface area contributed by atoms with E-state index in [0.29, 0.717) is 39.5 Å². The highest BCUT2D eigenvalue weighted by atomic mass is 16.5. The van der Waals surface area contributed by atoms with Gasteiger partial charge < -0.3 is 10.1 Å². The number of pyridine rings is 2. The van der Waals surface area contributed by atoms with Gasteiger partial charge in [-0.25, -0.2) is 9.97 Å². The number of methoxy groups -OCH3 is 1. The number of hydrogen-bond donors (Lipinski definition) is 1. The van der Waals surface area contributed by atoms with Crippen molar-refractivity contribution in [1.82, 2.24) is 9.97 Å². The molecule has 0 radical (unpaired) electrons. The zero-order chi connectivity index (χ0) is 18.3. The number of ketones is 1. The average Bonchev–Trinajstić information content (AvgIpc) is 2.95. The second kappa shape index (κ2) is 6.07. The normalized spacial score (nSPS) is 14.4. The molecule has 1 aromatic carbocycles. The van der Waals surface area contributed by atoms with E-state index in [1.165, 1.54) is 6.08 Å². The van der Waals surface area contributed by atoms with Crippen LogP contribution >= 0.6 is 0 Å². The van der Waals surface area contributed by atoms with Crippen LogP contribution in [0.3, 0.4) is 0 Å². The molecule has 128 valence electrons. The van der Waals surface area contributed by atoms with E-state index in [1.54, 1.807) is 50.6 Å². The second-order valence-electron chi connectivity index (χ2n) is 5.96. The lowest BCUT2D eigenvalue weighted by Crippen LogP contribution is -2.07. The summed E-state index contributed by atoms with van der Waals surface area (Å²) in [5.41, 5.74) is 3.23. The molecule has 6 nitrogen and oxygen atoms in total. The lowest BCUT2D eigenvalue weighted by Gasteiger charge is -2.05. The van der Waals surface area contributed by atoms with E-state index in [2.05, 4.69) is 15.3 Å². The molecule has 2 aromatic heterocycles. The molecule has 3 aromatic rings. The minimum Gasteiger partial charge on any atom is -0.497 e. The minimum atomic E-state index is -0.310. The molecule has 0 bridgehead atoms. The summed E-state index contributed by atoms with van der Waals surface area (Å²) in [4.78, 5) is 33.7. The standard InChI is InChI=1S/C20H15N3O3/c1-11-14(8-12-4-3-7-21-19(12)22-11)18(24)10-16-15-9-13(26-2)5-6-17(15)23-20(16)25/h3-10H,1-2H3,(H,23,25)/b16-10+. The summed E-state index contributed by atoms with van der Waals surface area (Å²) in [5, 5.41) is 3.53. The molecule has 0 saturated heterocycles. The number of benzene rings is 1. The number of ether oxygens (including phenoxy) is 1. The van der Waals surface area contributed by atoms with Crippen molar-refractivity contribution < 1.29 is 14.3 Å². The van der Waals surface area contributed by atoms with Gasteiger partial charge in [0.25, 0.3) is 5.91 Å². The Hall–Kier alpha value is -3.54. The summed E-state index contributed by atoms with van der Waals surface area (Å²) in [7, 11) is 1.55. The largest absolute Gasteiger partial charge is 0.497 e. The van der Waals surface area contributed by atoms with Crippen LogP contribution in [0.5, 0.6) is 5.75 Å². The Kier molecular flexibility index (Phi) is 3.73. The predicted molar refractivity (Wildman–Crippen MR) is 98.2 cm³/mol.